The molecule has 1 heterocycles. The number of aromatic nitrogens is 1. The van der Waals surface area contributed by atoms with Crippen LogP contribution in [0.4, 0.5) is 0 Å². The lowest BCUT2D eigenvalue weighted by Gasteiger charge is -2.10. The Morgan fingerprint density at radius 1 is 1.25 bits per heavy atom. The fourth-order valence-electron chi connectivity index (χ4n) is 1.67. The number of rotatable bonds is 3. The van der Waals surface area contributed by atoms with Crippen molar-refractivity contribution in [1.29, 1.82) is 5.41 Å². The second-order valence-electron chi connectivity index (χ2n) is 4.11. The van der Waals surface area contributed by atoms with Crippen molar-refractivity contribution in [2.24, 2.45) is 5.92 Å². The molecule has 0 saturated carbocycles. The van der Waals surface area contributed by atoms with Crippen LogP contribution in [0.1, 0.15) is 26.0 Å². The first-order chi connectivity index (χ1) is 7.72. The minimum atomic E-state index is 0.272. The van der Waals surface area contributed by atoms with Gasteiger partial charge in [-0.15, -0.1) is 0 Å². The molecule has 16 heavy (non-hydrogen) atoms. The maximum Gasteiger partial charge on any atom is 0.0847 e. The summed E-state index contributed by atoms with van der Waals surface area (Å²) in [6, 6.07) is 12.0. The SMILES string of the molecule is CCC(C)C(=N)c1ccc2ccccc2n1. The van der Waals surface area contributed by atoms with E-state index >= 15 is 0 Å². The second kappa shape index (κ2) is 4.44. The Labute approximate surface area is 95.8 Å². The maximum atomic E-state index is 8.05. The molecule has 1 N–H and O–H groups in total. The van der Waals surface area contributed by atoms with Crippen LogP contribution in [0.15, 0.2) is 36.4 Å². The molecular weight excluding hydrogens is 196 g/mol. The predicted molar refractivity (Wildman–Crippen MR) is 68.0 cm³/mol. The average Bonchev–Trinajstić information content (AvgIpc) is 2.36. The molecule has 0 saturated heterocycles. The summed E-state index contributed by atoms with van der Waals surface area (Å²) < 4.78 is 0. The van der Waals surface area contributed by atoms with Gasteiger partial charge in [0.1, 0.15) is 0 Å². The van der Waals surface area contributed by atoms with Gasteiger partial charge in [-0.1, -0.05) is 38.1 Å². The number of fused-ring (bicyclic) bond motifs is 1. The second-order valence-corrected chi connectivity index (χ2v) is 4.11. The quantitative estimate of drug-likeness (QED) is 0.775. The number of pyridine rings is 1. The van der Waals surface area contributed by atoms with Gasteiger partial charge in [0.2, 0.25) is 0 Å². The number of nitrogens with zero attached hydrogens (tertiary/aromatic N) is 1. The van der Waals surface area contributed by atoms with Crippen LogP contribution < -0.4 is 0 Å². The van der Waals surface area contributed by atoms with E-state index in [1.54, 1.807) is 0 Å². The normalized spacial score (nSPS) is 12.6. The highest BCUT2D eigenvalue weighted by Crippen LogP contribution is 2.15. The van der Waals surface area contributed by atoms with Gasteiger partial charge in [-0.3, -0.25) is 0 Å². The van der Waals surface area contributed by atoms with E-state index in [0.29, 0.717) is 5.71 Å². The van der Waals surface area contributed by atoms with E-state index in [2.05, 4.69) is 18.8 Å². The monoisotopic (exact) mass is 212 g/mol. The van der Waals surface area contributed by atoms with E-state index in [1.165, 1.54) is 0 Å². The minimum Gasteiger partial charge on any atom is -0.303 e. The summed E-state index contributed by atoms with van der Waals surface area (Å²) in [6.07, 6.45) is 0.980. The Kier molecular flexibility index (Phi) is 3.00. The predicted octanol–water partition coefficient (Wildman–Crippen LogP) is 3.65. The molecule has 2 heteroatoms. The van der Waals surface area contributed by atoms with E-state index in [9.17, 15) is 0 Å². The first kappa shape index (κ1) is 10.8. The van der Waals surface area contributed by atoms with E-state index < -0.39 is 0 Å². The van der Waals surface area contributed by atoms with E-state index in [-0.39, 0.29) is 5.92 Å². The summed E-state index contributed by atoms with van der Waals surface area (Å²) in [5, 5.41) is 9.18. The molecule has 0 aliphatic rings. The smallest absolute Gasteiger partial charge is 0.0847 e. The Morgan fingerprint density at radius 3 is 2.75 bits per heavy atom. The summed E-state index contributed by atoms with van der Waals surface area (Å²) in [5.41, 5.74) is 2.40. The molecule has 0 spiro atoms. The topological polar surface area (TPSA) is 36.7 Å². The lowest BCUT2D eigenvalue weighted by Crippen LogP contribution is -2.11. The van der Waals surface area contributed by atoms with E-state index in [4.69, 9.17) is 5.41 Å². The maximum absolute atomic E-state index is 8.05. The average molecular weight is 212 g/mol. The molecule has 1 unspecified atom stereocenters. The van der Waals surface area contributed by atoms with Crippen molar-refractivity contribution in [3.05, 3.63) is 42.1 Å². The van der Waals surface area contributed by atoms with Gasteiger partial charge < -0.3 is 5.41 Å². The first-order valence-electron chi connectivity index (χ1n) is 5.67. The summed E-state index contributed by atoms with van der Waals surface area (Å²) >= 11 is 0. The zero-order valence-electron chi connectivity index (χ0n) is 9.70. The molecule has 1 aromatic carbocycles. The molecule has 2 nitrogen and oxygen atoms in total. The summed E-state index contributed by atoms with van der Waals surface area (Å²) in [5.74, 6) is 0.272. The highest BCUT2D eigenvalue weighted by Gasteiger charge is 2.10. The molecule has 0 aliphatic carbocycles. The van der Waals surface area contributed by atoms with Crippen LogP contribution >= 0.6 is 0 Å². The lowest BCUT2D eigenvalue weighted by molar-refractivity contribution is 0.734. The molecule has 0 radical (unpaired) electrons. The van der Waals surface area contributed by atoms with E-state index in [0.717, 1.165) is 23.0 Å². The Bertz CT molecular complexity index is 517. The third-order valence-corrected chi connectivity index (χ3v) is 2.98. The molecule has 1 aromatic heterocycles. The molecular formula is C14H16N2. The number of hydrogen-bond donors (Lipinski definition) is 1. The zero-order valence-corrected chi connectivity index (χ0v) is 9.70. The van der Waals surface area contributed by atoms with Crippen LogP contribution in [0.3, 0.4) is 0 Å². The summed E-state index contributed by atoms with van der Waals surface area (Å²) in [6.45, 7) is 4.17. The largest absolute Gasteiger partial charge is 0.303 e. The standard InChI is InChI=1S/C14H16N2/c1-3-10(2)14(15)13-9-8-11-6-4-5-7-12(11)16-13/h4-10,15H,3H2,1-2H3. The zero-order chi connectivity index (χ0) is 11.5. The van der Waals surface area contributed by atoms with Crippen molar-refractivity contribution in [2.45, 2.75) is 20.3 Å². The van der Waals surface area contributed by atoms with Gasteiger partial charge >= 0.3 is 0 Å². The van der Waals surface area contributed by atoms with Gasteiger partial charge in [-0.2, -0.15) is 0 Å². The van der Waals surface area contributed by atoms with Crippen molar-refractivity contribution in [3.8, 4) is 0 Å². The van der Waals surface area contributed by atoms with Crippen LogP contribution in [-0.4, -0.2) is 10.7 Å². The molecule has 0 amide bonds. The van der Waals surface area contributed by atoms with Crippen LogP contribution in [0.5, 0.6) is 0 Å². The van der Waals surface area contributed by atoms with Crippen molar-refractivity contribution >= 4 is 16.6 Å². The van der Waals surface area contributed by atoms with Gasteiger partial charge in [0, 0.05) is 5.39 Å². The number of nitrogens with one attached hydrogen (secondary N) is 1. The molecule has 2 rings (SSSR count). The summed E-state index contributed by atoms with van der Waals surface area (Å²) in [7, 11) is 0. The Morgan fingerprint density at radius 2 is 2.00 bits per heavy atom. The fourth-order valence-corrected chi connectivity index (χ4v) is 1.67. The van der Waals surface area contributed by atoms with Gasteiger partial charge in [0.25, 0.3) is 0 Å². The molecule has 1 atom stereocenters. The van der Waals surface area contributed by atoms with E-state index in [1.807, 2.05) is 36.4 Å². The van der Waals surface area contributed by atoms with Gasteiger partial charge in [0.05, 0.1) is 16.9 Å². The van der Waals surface area contributed by atoms with Crippen molar-refractivity contribution < 1.29 is 0 Å². The highest BCUT2D eigenvalue weighted by atomic mass is 14.7. The summed E-state index contributed by atoms with van der Waals surface area (Å²) in [4.78, 5) is 4.52. The lowest BCUT2D eigenvalue weighted by atomic mass is 9.99. The number of para-hydroxylation sites is 1. The van der Waals surface area contributed by atoms with Crippen LogP contribution in [0, 0.1) is 11.3 Å². The molecule has 0 aliphatic heterocycles. The fraction of sp³-hybridized carbons (Fsp3) is 0.286. The minimum absolute atomic E-state index is 0.272. The Hall–Kier alpha value is -1.70. The van der Waals surface area contributed by atoms with Crippen molar-refractivity contribution in [1.82, 2.24) is 4.98 Å². The molecule has 82 valence electrons. The van der Waals surface area contributed by atoms with Gasteiger partial charge in [-0.25, -0.2) is 4.98 Å². The third kappa shape index (κ3) is 1.96. The van der Waals surface area contributed by atoms with Gasteiger partial charge in [-0.05, 0) is 24.5 Å². The van der Waals surface area contributed by atoms with Crippen molar-refractivity contribution in [2.75, 3.05) is 0 Å². The first-order valence-corrected chi connectivity index (χ1v) is 5.67. The van der Waals surface area contributed by atoms with Crippen LogP contribution in [0.25, 0.3) is 10.9 Å². The van der Waals surface area contributed by atoms with Gasteiger partial charge in [0.15, 0.2) is 0 Å². The molecule has 0 fully saturated rings. The van der Waals surface area contributed by atoms with Crippen molar-refractivity contribution in [3.63, 3.8) is 0 Å². The highest BCUT2D eigenvalue weighted by molar-refractivity contribution is 5.99. The Balaban J connectivity index is 2.43. The molecule has 0 bridgehead atoms. The van der Waals surface area contributed by atoms with Crippen LogP contribution in [-0.2, 0) is 0 Å². The number of benzene rings is 1. The molecule has 2 aromatic rings. The third-order valence-electron chi connectivity index (χ3n) is 2.98. The number of hydrogen-bond acceptors (Lipinski definition) is 2. The van der Waals surface area contributed by atoms with Crippen LogP contribution in [0.2, 0.25) is 0 Å².